The molecule has 25 heavy (non-hydrogen) atoms. The normalized spacial score (nSPS) is 12.1. The molecule has 3 rings (SSSR count). The van der Waals surface area contributed by atoms with Gasteiger partial charge in [0.2, 0.25) is 5.88 Å². The zero-order valence-corrected chi connectivity index (χ0v) is 15.4. The highest BCUT2D eigenvalue weighted by Gasteiger charge is 2.15. The van der Waals surface area contributed by atoms with Gasteiger partial charge in [-0.05, 0) is 25.8 Å². The monoisotopic (exact) mass is 355 g/mol. The van der Waals surface area contributed by atoms with Crippen molar-refractivity contribution < 1.29 is 9.53 Å². The van der Waals surface area contributed by atoms with Crippen LogP contribution in [-0.2, 0) is 4.79 Å². The van der Waals surface area contributed by atoms with Gasteiger partial charge < -0.3 is 10.1 Å². The van der Waals surface area contributed by atoms with Crippen LogP contribution in [0, 0.1) is 6.92 Å². The number of carbonyl (C=O) groups excluding carboxylic acids is 1. The van der Waals surface area contributed by atoms with Crippen LogP contribution < -0.4 is 10.1 Å². The first-order valence-electron chi connectivity index (χ1n) is 8.30. The number of rotatable bonds is 6. The summed E-state index contributed by atoms with van der Waals surface area (Å²) in [7, 11) is 0. The number of nitrogens with zero attached hydrogens (tertiary/aromatic N) is 2. The van der Waals surface area contributed by atoms with Crippen LogP contribution in [0.4, 0.5) is 0 Å². The summed E-state index contributed by atoms with van der Waals surface area (Å²) in [5.74, 6) is 0.300. The molecular weight excluding hydrogens is 334 g/mol. The second-order valence-electron chi connectivity index (χ2n) is 6.04. The lowest BCUT2D eigenvalue weighted by atomic mass is 10.0. The van der Waals surface area contributed by atoms with Crippen molar-refractivity contribution in [1.82, 2.24) is 15.3 Å². The number of hydrogen-bond donors (Lipinski definition) is 1. The van der Waals surface area contributed by atoms with Crippen molar-refractivity contribution in [2.75, 3.05) is 6.61 Å². The van der Waals surface area contributed by atoms with Gasteiger partial charge in [0.05, 0.1) is 5.39 Å². The molecule has 6 heteroatoms. The lowest BCUT2D eigenvalue weighted by molar-refractivity contribution is -0.123. The Morgan fingerprint density at radius 2 is 2.04 bits per heavy atom. The van der Waals surface area contributed by atoms with Crippen LogP contribution in [0.2, 0.25) is 0 Å². The first-order valence-corrected chi connectivity index (χ1v) is 9.17. The van der Waals surface area contributed by atoms with Crippen molar-refractivity contribution in [2.45, 2.75) is 33.2 Å². The van der Waals surface area contributed by atoms with Gasteiger partial charge in [-0.1, -0.05) is 36.8 Å². The molecule has 0 saturated carbocycles. The van der Waals surface area contributed by atoms with E-state index in [1.807, 2.05) is 13.8 Å². The lowest BCUT2D eigenvalue weighted by Gasteiger charge is -2.12. The first kappa shape index (κ1) is 17.4. The molecule has 2 heterocycles. The minimum absolute atomic E-state index is 0.0559. The molecule has 1 aromatic carbocycles. The maximum Gasteiger partial charge on any atom is 0.258 e. The third-order valence-electron chi connectivity index (χ3n) is 4.06. The van der Waals surface area contributed by atoms with E-state index in [0.717, 1.165) is 27.8 Å². The Morgan fingerprint density at radius 1 is 1.28 bits per heavy atom. The van der Waals surface area contributed by atoms with Crippen LogP contribution in [-0.4, -0.2) is 28.5 Å². The molecule has 2 aromatic heterocycles. The molecular formula is C19H21N3O2S. The van der Waals surface area contributed by atoms with Crippen LogP contribution in [0.3, 0.4) is 0 Å². The van der Waals surface area contributed by atoms with Gasteiger partial charge in [0.25, 0.3) is 5.91 Å². The number of hydrogen-bond acceptors (Lipinski definition) is 5. The summed E-state index contributed by atoms with van der Waals surface area (Å²) >= 11 is 1.54. The van der Waals surface area contributed by atoms with Crippen molar-refractivity contribution in [3.63, 3.8) is 0 Å². The second kappa shape index (κ2) is 7.61. The van der Waals surface area contributed by atoms with E-state index in [1.54, 1.807) is 11.3 Å². The minimum Gasteiger partial charge on any atom is -0.467 e. The quantitative estimate of drug-likeness (QED) is 0.727. The maximum absolute atomic E-state index is 12.0. The zero-order valence-electron chi connectivity index (χ0n) is 14.6. The number of aryl methyl sites for hydroxylation is 1. The summed E-state index contributed by atoms with van der Waals surface area (Å²) in [4.78, 5) is 21.4. The van der Waals surface area contributed by atoms with E-state index in [4.69, 9.17) is 4.74 Å². The Balaban J connectivity index is 1.87. The molecule has 0 unspecified atom stereocenters. The van der Waals surface area contributed by atoms with Crippen molar-refractivity contribution >= 4 is 27.5 Å². The summed E-state index contributed by atoms with van der Waals surface area (Å²) < 4.78 is 5.71. The summed E-state index contributed by atoms with van der Waals surface area (Å²) in [5.41, 5.74) is 3.32. The number of carbonyl (C=O) groups is 1. The Morgan fingerprint density at radius 3 is 2.76 bits per heavy atom. The third-order valence-corrected chi connectivity index (χ3v) is 4.94. The first-order chi connectivity index (χ1) is 12.1. The largest absolute Gasteiger partial charge is 0.467 e. The summed E-state index contributed by atoms with van der Waals surface area (Å²) in [6.07, 6.45) is 2.35. The fraction of sp³-hybridized carbons (Fsp3) is 0.316. The number of nitrogens with one attached hydrogen (secondary N) is 1. The fourth-order valence-electron chi connectivity index (χ4n) is 2.46. The van der Waals surface area contributed by atoms with E-state index in [1.165, 1.54) is 11.9 Å². The molecule has 0 saturated heterocycles. The van der Waals surface area contributed by atoms with E-state index in [0.29, 0.717) is 5.88 Å². The molecule has 0 bridgehead atoms. The summed E-state index contributed by atoms with van der Waals surface area (Å²) in [6.45, 7) is 6.00. The van der Waals surface area contributed by atoms with Gasteiger partial charge in [0, 0.05) is 17.0 Å². The highest BCUT2D eigenvalue weighted by molar-refractivity contribution is 7.17. The predicted molar refractivity (Wildman–Crippen MR) is 101 cm³/mol. The Kier molecular flexibility index (Phi) is 5.28. The van der Waals surface area contributed by atoms with Crippen LogP contribution in [0.5, 0.6) is 5.88 Å². The van der Waals surface area contributed by atoms with E-state index in [2.05, 4.69) is 51.9 Å². The average molecular weight is 355 g/mol. The van der Waals surface area contributed by atoms with Gasteiger partial charge in [-0.3, -0.25) is 4.79 Å². The van der Waals surface area contributed by atoms with Gasteiger partial charge in [-0.2, -0.15) is 0 Å². The molecule has 0 aliphatic carbocycles. The minimum atomic E-state index is -0.145. The third kappa shape index (κ3) is 3.96. The van der Waals surface area contributed by atoms with E-state index in [-0.39, 0.29) is 18.6 Å². The van der Waals surface area contributed by atoms with Gasteiger partial charge in [-0.25, -0.2) is 9.97 Å². The van der Waals surface area contributed by atoms with Gasteiger partial charge >= 0.3 is 0 Å². The molecule has 1 atom stereocenters. The molecule has 0 spiro atoms. The smallest absolute Gasteiger partial charge is 0.258 e. The summed E-state index contributed by atoms with van der Waals surface area (Å²) in [5, 5.41) is 5.80. The molecule has 3 aromatic rings. The lowest BCUT2D eigenvalue weighted by Crippen LogP contribution is -2.35. The summed E-state index contributed by atoms with van der Waals surface area (Å²) in [6, 6.07) is 8.42. The van der Waals surface area contributed by atoms with E-state index in [9.17, 15) is 4.79 Å². The number of amides is 1. The Hall–Kier alpha value is -2.47. The molecule has 0 fully saturated rings. The standard InChI is InChI=1S/C19H21N3O2S/c1-4-13(3)22-16(23)9-24-18-17-15(10-25-19(17)21-11-20-18)14-7-5-12(2)6-8-14/h5-8,10-11,13H,4,9H2,1-3H3,(H,22,23)/t13-/m1/s1. The molecule has 0 aliphatic heterocycles. The van der Waals surface area contributed by atoms with Crippen molar-refractivity contribution in [2.24, 2.45) is 0 Å². The fourth-order valence-corrected chi connectivity index (χ4v) is 3.36. The van der Waals surface area contributed by atoms with E-state index < -0.39 is 0 Å². The van der Waals surface area contributed by atoms with Gasteiger partial charge in [0.15, 0.2) is 6.61 Å². The second-order valence-corrected chi connectivity index (χ2v) is 6.90. The number of ether oxygens (including phenoxy) is 1. The molecule has 0 aliphatic rings. The number of fused-ring (bicyclic) bond motifs is 1. The van der Waals surface area contributed by atoms with Gasteiger partial charge in [-0.15, -0.1) is 11.3 Å². The number of thiophene rings is 1. The SMILES string of the molecule is CC[C@@H](C)NC(=O)COc1ncnc2scc(-c3ccc(C)cc3)c12. The maximum atomic E-state index is 12.0. The number of benzene rings is 1. The van der Waals surface area contributed by atoms with Crippen LogP contribution in [0.15, 0.2) is 36.0 Å². The Bertz CT molecular complexity index is 874. The van der Waals surface area contributed by atoms with Crippen LogP contribution in [0.1, 0.15) is 25.8 Å². The molecule has 1 amide bonds. The van der Waals surface area contributed by atoms with E-state index >= 15 is 0 Å². The van der Waals surface area contributed by atoms with Crippen LogP contribution in [0.25, 0.3) is 21.3 Å². The number of aromatic nitrogens is 2. The van der Waals surface area contributed by atoms with Gasteiger partial charge in [0.1, 0.15) is 11.2 Å². The van der Waals surface area contributed by atoms with Crippen LogP contribution >= 0.6 is 11.3 Å². The van der Waals surface area contributed by atoms with Crippen molar-refractivity contribution in [3.8, 4) is 17.0 Å². The average Bonchev–Trinajstić information content (AvgIpc) is 3.05. The highest BCUT2D eigenvalue weighted by atomic mass is 32.1. The van der Waals surface area contributed by atoms with Crippen molar-refractivity contribution in [3.05, 3.63) is 41.5 Å². The Labute approximate surface area is 151 Å². The zero-order chi connectivity index (χ0) is 17.8. The highest BCUT2D eigenvalue weighted by Crippen LogP contribution is 2.37. The molecule has 1 N–H and O–H groups in total. The molecule has 5 nitrogen and oxygen atoms in total. The molecule has 130 valence electrons. The van der Waals surface area contributed by atoms with Crippen molar-refractivity contribution in [1.29, 1.82) is 0 Å². The predicted octanol–water partition coefficient (Wildman–Crippen LogP) is 3.96. The topological polar surface area (TPSA) is 64.1 Å². The molecule has 0 radical (unpaired) electrons.